The largest absolute Gasteiger partial charge is 0.463 e. The first-order valence-corrected chi connectivity index (χ1v) is 5.00. The summed E-state index contributed by atoms with van der Waals surface area (Å²) in [7, 11) is 0. The molecule has 0 N–H and O–H groups in total. The third-order valence-electron chi connectivity index (χ3n) is 1.96. The number of oxazole rings is 1. The molecule has 0 radical (unpaired) electrons. The number of aromatic nitrogens is 1. The lowest BCUT2D eigenvalue weighted by atomic mass is 10.3. The predicted octanol–water partition coefficient (Wildman–Crippen LogP) is 2.40. The van der Waals surface area contributed by atoms with Gasteiger partial charge < -0.3 is 9.15 Å². The first kappa shape index (κ1) is 10.4. The van der Waals surface area contributed by atoms with Gasteiger partial charge in [0.1, 0.15) is 5.52 Å². The first-order valence-electron chi connectivity index (χ1n) is 5.00. The number of esters is 1. The molecule has 0 unspecified atom stereocenters. The maximum atomic E-state index is 11.1. The fourth-order valence-electron chi connectivity index (χ4n) is 1.29. The summed E-state index contributed by atoms with van der Waals surface area (Å²) in [6.07, 6.45) is 2.80. The van der Waals surface area contributed by atoms with Crippen LogP contribution in [0.1, 0.15) is 12.8 Å². The minimum absolute atomic E-state index is 0.358. The highest BCUT2D eigenvalue weighted by Crippen LogP contribution is 2.15. The zero-order valence-electron chi connectivity index (χ0n) is 8.84. The molecular formula is C12H11NO3. The lowest BCUT2D eigenvalue weighted by Gasteiger charge is -1.92. The molecule has 1 heterocycles. The summed E-state index contributed by atoms with van der Waals surface area (Å²) >= 11 is 0. The van der Waals surface area contributed by atoms with E-state index in [2.05, 4.69) is 4.98 Å². The Morgan fingerprint density at radius 2 is 2.31 bits per heavy atom. The van der Waals surface area contributed by atoms with Gasteiger partial charge in [0, 0.05) is 12.2 Å². The van der Waals surface area contributed by atoms with Crippen LogP contribution in [0.15, 0.2) is 34.8 Å². The van der Waals surface area contributed by atoms with Crippen molar-refractivity contribution in [1.82, 2.24) is 4.98 Å². The van der Waals surface area contributed by atoms with Gasteiger partial charge >= 0.3 is 5.97 Å². The molecule has 1 aromatic heterocycles. The van der Waals surface area contributed by atoms with Crippen molar-refractivity contribution < 1.29 is 13.9 Å². The fraction of sp³-hybridized carbons (Fsp3) is 0.167. The maximum Gasteiger partial charge on any atom is 0.330 e. The minimum atomic E-state index is -0.398. The number of nitrogens with zero attached hydrogens (tertiary/aromatic N) is 1. The smallest absolute Gasteiger partial charge is 0.330 e. The van der Waals surface area contributed by atoms with Gasteiger partial charge in [0.05, 0.1) is 6.61 Å². The number of carbonyl (C=O) groups is 1. The monoisotopic (exact) mass is 217 g/mol. The zero-order chi connectivity index (χ0) is 11.4. The van der Waals surface area contributed by atoms with E-state index in [0.717, 1.165) is 5.52 Å². The van der Waals surface area contributed by atoms with Crippen LogP contribution < -0.4 is 0 Å². The molecule has 0 fully saturated rings. The molecule has 2 rings (SSSR count). The molecule has 82 valence electrons. The van der Waals surface area contributed by atoms with Crippen molar-refractivity contribution in [3.63, 3.8) is 0 Å². The molecule has 0 aliphatic heterocycles. The molecule has 1 aromatic carbocycles. The number of hydrogen-bond acceptors (Lipinski definition) is 4. The van der Waals surface area contributed by atoms with E-state index in [1.165, 1.54) is 12.2 Å². The summed E-state index contributed by atoms with van der Waals surface area (Å²) in [5.74, 6) is -0.000917. The van der Waals surface area contributed by atoms with E-state index in [1.54, 1.807) is 6.92 Å². The van der Waals surface area contributed by atoms with E-state index >= 15 is 0 Å². The third kappa shape index (κ3) is 2.28. The molecule has 0 aliphatic rings. The van der Waals surface area contributed by atoms with E-state index in [9.17, 15) is 4.79 Å². The van der Waals surface area contributed by atoms with Crippen LogP contribution >= 0.6 is 0 Å². The molecule has 16 heavy (non-hydrogen) atoms. The number of ether oxygens (including phenoxy) is 1. The second-order valence-corrected chi connectivity index (χ2v) is 3.11. The third-order valence-corrected chi connectivity index (χ3v) is 1.96. The number of fused-ring (bicyclic) bond motifs is 1. The molecular weight excluding hydrogens is 206 g/mol. The number of benzene rings is 1. The molecule has 4 heteroatoms. The van der Waals surface area contributed by atoms with Gasteiger partial charge in [-0.15, -0.1) is 0 Å². The SMILES string of the molecule is CCOC(=O)/C=C/c1nc2ccccc2o1. The van der Waals surface area contributed by atoms with Crippen LogP contribution in [0.2, 0.25) is 0 Å². The van der Waals surface area contributed by atoms with Gasteiger partial charge in [0.2, 0.25) is 5.89 Å². The Labute approximate surface area is 92.5 Å². The first-order chi connectivity index (χ1) is 7.79. The highest BCUT2D eigenvalue weighted by Gasteiger charge is 2.02. The Bertz CT molecular complexity index is 495. The second kappa shape index (κ2) is 4.61. The van der Waals surface area contributed by atoms with E-state index in [1.807, 2.05) is 24.3 Å². The van der Waals surface area contributed by atoms with Crippen LogP contribution in [0, 0.1) is 0 Å². The van der Waals surface area contributed by atoms with Gasteiger partial charge in [0.15, 0.2) is 5.58 Å². The number of rotatable bonds is 3. The molecule has 0 amide bonds. The molecule has 4 nitrogen and oxygen atoms in total. The lowest BCUT2D eigenvalue weighted by Crippen LogP contribution is -1.98. The Hall–Kier alpha value is -2.10. The maximum absolute atomic E-state index is 11.1. The lowest BCUT2D eigenvalue weighted by molar-refractivity contribution is -0.137. The summed E-state index contributed by atoms with van der Waals surface area (Å²) < 4.78 is 10.1. The fourth-order valence-corrected chi connectivity index (χ4v) is 1.29. The van der Waals surface area contributed by atoms with E-state index < -0.39 is 5.97 Å². The molecule has 0 bridgehead atoms. The average molecular weight is 217 g/mol. The highest BCUT2D eigenvalue weighted by molar-refractivity contribution is 5.86. The van der Waals surface area contributed by atoms with E-state index in [4.69, 9.17) is 9.15 Å². The van der Waals surface area contributed by atoms with Crippen molar-refractivity contribution in [3.8, 4) is 0 Å². The standard InChI is InChI=1S/C12H11NO3/c1-2-15-12(14)8-7-11-13-9-5-3-4-6-10(9)16-11/h3-8H,2H2,1H3/b8-7+. The molecule has 0 saturated heterocycles. The molecule has 0 saturated carbocycles. The summed E-state index contributed by atoms with van der Waals surface area (Å²) in [5, 5.41) is 0. The molecule has 0 spiro atoms. The van der Waals surface area contributed by atoms with Crippen molar-refractivity contribution >= 4 is 23.1 Å². The van der Waals surface area contributed by atoms with Crippen molar-refractivity contribution in [2.75, 3.05) is 6.61 Å². The van der Waals surface area contributed by atoms with Crippen LogP contribution in [0.3, 0.4) is 0 Å². The van der Waals surface area contributed by atoms with E-state index in [-0.39, 0.29) is 0 Å². The van der Waals surface area contributed by atoms with Gasteiger partial charge in [-0.05, 0) is 19.1 Å². The molecule has 0 atom stereocenters. The summed E-state index contributed by atoms with van der Waals surface area (Å²) in [4.78, 5) is 15.2. The van der Waals surface area contributed by atoms with Gasteiger partial charge in [-0.25, -0.2) is 9.78 Å². The molecule has 0 aliphatic carbocycles. The van der Waals surface area contributed by atoms with Crippen LogP contribution in [0.5, 0.6) is 0 Å². The van der Waals surface area contributed by atoms with Gasteiger partial charge in [-0.3, -0.25) is 0 Å². The summed E-state index contributed by atoms with van der Waals surface area (Å²) in [6, 6.07) is 7.42. The van der Waals surface area contributed by atoms with Crippen molar-refractivity contribution in [3.05, 3.63) is 36.2 Å². The number of para-hydroxylation sites is 2. The van der Waals surface area contributed by atoms with Crippen molar-refractivity contribution in [2.24, 2.45) is 0 Å². The topological polar surface area (TPSA) is 52.3 Å². The number of hydrogen-bond donors (Lipinski definition) is 0. The Morgan fingerprint density at radius 1 is 1.50 bits per heavy atom. The zero-order valence-corrected chi connectivity index (χ0v) is 8.84. The van der Waals surface area contributed by atoms with Crippen molar-refractivity contribution in [1.29, 1.82) is 0 Å². The summed E-state index contributed by atoms with van der Waals surface area (Å²) in [6.45, 7) is 2.11. The Kier molecular flexibility index (Phi) is 3.00. The quantitative estimate of drug-likeness (QED) is 0.585. The Morgan fingerprint density at radius 3 is 3.06 bits per heavy atom. The van der Waals surface area contributed by atoms with Crippen LogP contribution in [0.4, 0.5) is 0 Å². The van der Waals surface area contributed by atoms with Crippen LogP contribution in [0.25, 0.3) is 17.2 Å². The number of carbonyl (C=O) groups excluding carboxylic acids is 1. The predicted molar refractivity (Wildman–Crippen MR) is 59.7 cm³/mol. The van der Waals surface area contributed by atoms with Crippen molar-refractivity contribution in [2.45, 2.75) is 6.92 Å². The van der Waals surface area contributed by atoms with Gasteiger partial charge in [-0.2, -0.15) is 0 Å². The minimum Gasteiger partial charge on any atom is -0.463 e. The van der Waals surface area contributed by atoms with Gasteiger partial charge in [-0.1, -0.05) is 12.1 Å². The summed E-state index contributed by atoms with van der Waals surface area (Å²) in [5.41, 5.74) is 1.47. The van der Waals surface area contributed by atoms with E-state index in [0.29, 0.717) is 18.1 Å². The normalized spacial score (nSPS) is 11.1. The Balaban J connectivity index is 2.18. The second-order valence-electron chi connectivity index (χ2n) is 3.11. The van der Waals surface area contributed by atoms with Gasteiger partial charge in [0.25, 0.3) is 0 Å². The van der Waals surface area contributed by atoms with Crippen LogP contribution in [-0.2, 0) is 9.53 Å². The van der Waals surface area contributed by atoms with Crippen LogP contribution in [-0.4, -0.2) is 17.6 Å². The average Bonchev–Trinajstić information content (AvgIpc) is 2.69. The molecule has 2 aromatic rings. The highest BCUT2D eigenvalue weighted by atomic mass is 16.5.